The van der Waals surface area contributed by atoms with Crippen LogP contribution in [0.25, 0.3) is 10.2 Å². The summed E-state index contributed by atoms with van der Waals surface area (Å²) in [6.45, 7) is 1.81. The predicted molar refractivity (Wildman–Crippen MR) is 161 cm³/mol. The highest BCUT2D eigenvalue weighted by Crippen LogP contribution is 2.46. The standard InChI is InChI=1S/C29H27N5O6S2/c1-17-14-21(40-20-6-4-3-5-7-20)8-9-22(17)34-23-10-11-30-28-24(23)25(32-29(34)36)26(41-28)27(35)31-18-15-19(16-18)33(37)12-13-42(2,38)39/h3-11,14,18-19H,12-13,15-16H2,1-2H3,(H-,31,32,35,36)/p+1. The minimum Gasteiger partial charge on any atom is -0.457 e. The Kier molecular flexibility index (Phi) is 7.15. The Balaban J connectivity index is 1.20. The van der Waals surface area contributed by atoms with Crippen LogP contribution < -0.4 is 20.3 Å². The molecule has 4 aromatic rings. The number of ether oxygens (including phenoxy) is 1. The van der Waals surface area contributed by atoms with Crippen LogP contribution in [-0.4, -0.2) is 60.7 Å². The average Bonchev–Trinajstić information content (AvgIpc) is 3.29. The Morgan fingerprint density at radius 2 is 1.90 bits per heavy atom. The lowest BCUT2D eigenvalue weighted by Crippen LogP contribution is -2.51. The van der Waals surface area contributed by atoms with Gasteiger partial charge in [0.1, 0.15) is 27.0 Å². The molecule has 1 aliphatic carbocycles. The van der Waals surface area contributed by atoms with Crippen LogP contribution in [-0.2, 0) is 9.84 Å². The molecule has 1 fully saturated rings. The quantitative estimate of drug-likeness (QED) is 0.251. The summed E-state index contributed by atoms with van der Waals surface area (Å²) >= 11 is 1.19. The van der Waals surface area contributed by atoms with Crippen molar-refractivity contribution < 1.29 is 27.5 Å². The number of benzene rings is 2. The van der Waals surface area contributed by atoms with Gasteiger partial charge in [0.25, 0.3) is 5.91 Å². The molecule has 3 heterocycles. The third kappa shape index (κ3) is 5.44. The van der Waals surface area contributed by atoms with Gasteiger partial charge in [-0.15, -0.1) is 11.3 Å². The monoisotopic (exact) mass is 606 g/mol. The molecule has 42 heavy (non-hydrogen) atoms. The summed E-state index contributed by atoms with van der Waals surface area (Å²) in [6.07, 6.45) is 3.56. The minimum atomic E-state index is -3.23. The van der Waals surface area contributed by atoms with Gasteiger partial charge in [0.2, 0.25) is 12.6 Å². The number of nitroso groups, excluding NO2 is 1. The number of carbonyl (C=O) groups excluding carboxylic acids is 2. The van der Waals surface area contributed by atoms with Crippen LogP contribution in [0.5, 0.6) is 11.5 Å². The molecule has 13 heteroatoms. The molecule has 0 saturated heterocycles. The Labute approximate surface area is 246 Å². The summed E-state index contributed by atoms with van der Waals surface area (Å²) in [5.41, 5.74) is 2.52. The number of hydrogen-bond donors (Lipinski definition) is 2. The van der Waals surface area contributed by atoms with E-state index >= 15 is 0 Å². The summed E-state index contributed by atoms with van der Waals surface area (Å²) in [7, 11) is -3.23. The van der Waals surface area contributed by atoms with Gasteiger partial charge in [0, 0.05) is 41.0 Å². The van der Waals surface area contributed by atoms with E-state index in [9.17, 15) is 22.9 Å². The van der Waals surface area contributed by atoms with E-state index in [4.69, 9.17) is 4.74 Å². The number of nitrogens with one attached hydrogen (secondary N) is 2. The maximum absolute atomic E-state index is 13.5. The van der Waals surface area contributed by atoms with Crippen LogP contribution in [0.3, 0.4) is 0 Å². The van der Waals surface area contributed by atoms with Gasteiger partial charge < -0.3 is 15.4 Å². The van der Waals surface area contributed by atoms with Crippen LogP contribution >= 0.6 is 11.3 Å². The molecule has 0 radical (unpaired) electrons. The van der Waals surface area contributed by atoms with Crippen molar-refractivity contribution in [3.05, 3.63) is 76.1 Å². The number of hydrogen-bond acceptors (Lipinski definition) is 8. The van der Waals surface area contributed by atoms with Crippen molar-refractivity contribution >= 4 is 60.4 Å². The highest BCUT2D eigenvalue weighted by molar-refractivity contribution is 7.90. The van der Waals surface area contributed by atoms with Crippen LogP contribution in [0.2, 0.25) is 0 Å². The minimum absolute atomic E-state index is 0.0934. The highest BCUT2D eigenvalue weighted by atomic mass is 32.2. The van der Waals surface area contributed by atoms with Crippen molar-refractivity contribution in [1.82, 2.24) is 10.3 Å². The Bertz CT molecular complexity index is 1830. The lowest BCUT2D eigenvalue weighted by Gasteiger charge is -2.31. The average molecular weight is 607 g/mol. The zero-order chi connectivity index (χ0) is 29.6. The molecule has 1 aliphatic heterocycles. The van der Waals surface area contributed by atoms with Crippen LogP contribution in [0.15, 0.2) is 60.8 Å². The fourth-order valence-corrected chi connectivity index (χ4v) is 6.71. The Morgan fingerprint density at radius 1 is 1.14 bits per heavy atom. The molecule has 11 nitrogen and oxygen atoms in total. The maximum atomic E-state index is 13.5. The first-order valence-corrected chi connectivity index (χ1v) is 16.2. The molecule has 216 valence electrons. The molecule has 2 aliphatic rings. The topological polar surface area (TPSA) is 138 Å². The number of para-hydroxylation sites is 1. The Hall–Kier alpha value is -4.36. The molecule has 2 aromatic carbocycles. The fourth-order valence-electron chi connectivity index (χ4n) is 5.18. The number of amides is 3. The second-order valence-electron chi connectivity index (χ2n) is 10.5. The molecule has 2 N–H and O–H groups in total. The van der Waals surface area contributed by atoms with E-state index in [0.29, 0.717) is 56.5 Å². The summed E-state index contributed by atoms with van der Waals surface area (Å²) in [5.74, 6) is 0.790. The molecule has 3 amide bonds. The zero-order valence-electron chi connectivity index (χ0n) is 22.9. The summed E-state index contributed by atoms with van der Waals surface area (Å²) in [5, 5.41) is 6.52. The van der Waals surface area contributed by atoms with Crippen molar-refractivity contribution in [1.29, 1.82) is 0 Å². The number of aromatic nitrogens is 1. The fraction of sp³-hybridized carbons (Fsp3) is 0.276. The van der Waals surface area contributed by atoms with Crippen LogP contribution in [0, 0.1) is 11.8 Å². The van der Waals surface area contributed by atoms with Gasteiger partial charge >= 0.3 is 6.03 Å². The highest BCUT2D eigenvalue weighted by Gasteiger charge is 2.42. The molecule has 0 atom stereocenters. The van der Waals surface area contributed by atoms with E-state index < -0.39 is 15.9 Å². The summed E-state index contributed by atoms with van der Waals surface area (Å²) in [6, 6.07) is 15.7. The van der Waals surface area contributed by atoms with E-state index in [0.717, 1.165) is 16.6 Å². The SMILES string of the molecule is Cc1cc(Oc2ccccc2)ccc1N1C(=O)Nc2c(C(=O)NC3CC([N+](=O)CCS(C)(=O)=O)C3)sc3nccc1c23. The third-order valence-electron chi connectivity index (χ3n) is 7.38. The number of carbonyl (C=O) groups is 2. The molecule has 2 aromatic heterocycles. The Morgan fingerprint density at radius 3 is 2.62 bits per heavy atom. The van der Waals surface area contributed by atoms with Gasteiger partial charge in [-0.25, -0.2) is 18.2 Å². The first kappa shape index (κ1) is 27.8. The number of anilines is 3. The van der Waals surface area contributed by atoms with E-state index in [-0.39, 0.29) is 30.3 Å². The molecule has 0 bridgehead atoms. The van der Waals surface area contributed by atoms with Gasteiger partial charge in [-0.1, -0.05) is 18.2 Å². The number of sulfone groups is 1. The lowest BCUT2D eigenvalue weighted by atomic mass is 9.86. The van der Waals surface area contributed by atoms with Crippen molar-refractivity contribution in [3.8, 4) is 11.5 Å². The largest absolute Gasteiger partial charge is 0.457 e. The lowest BCUT2D eigenvalue weighted by molar-refractivity contribution is -0.595. The van der Waals surface area contributed by atoms with Gasteiger partial charge in [-0.2, -0.15) is 0 Å². The van der Waals surface area contributed by atoms with Crippen LogP contribution in [0.1, 0.15) is 28.1 Å². The second-order valence-corrected chi connectivity index (χ2v) is 13.8. The van der Waals surface area contributed by atoms with Crippen molar-refractivity contribution in [3.63, 3.8) is 0 Å². The first-order chi connectivity index (χ1) is 20.1. The molecule has 0 spiro atoms. The number of rotatable bonds is 9. The third-order valence-corrected chi connectivity index (χ3v) is 9.40. The zero-order valence-corrected chi connectivity index (χ0v) is 24.5. The van der Waals surface area contributed by atoms with E-state index in [1.54, 1.807) is 23.2 Å². The van der Waals surface area contributed by atoms with E-state index in [2.05, 4.69) is 15.6 Å². The number of thiophene rings is 1. The van der Waals surface area contributed by atoms with E-state index in [1.807, 2.05) is 49.4 Å². The van der Waals surface area contributed by atoms with Crippen molar-refractivity contribution in [2.45, 2.75) is 31.8 Å². The number of nitrogens with zero attached hydrogens (tertiary/aromatic N) is 3. The molecule has 6 rings (SSSR count). The summed E-state index contributed by atoms with van der Waals surface area (Å²) < 4.78 is 29.4. The second kappa shape index (κ2) is 10.8. The number of pyridine rings is 1. The molecule has 1 saturated carbocycles. The van der Waals surface area contributed by atoms with Gasteiger partial charge in [-0.05, 0) is 48.9 Å². The van der Waals surface area contributed by atoms with Gasteiger partial charge in [0.05, 0.1) is 22.4 Å². The van der Waals surface area contributed by atoms with Crippen molar-refractivity contribution in [2.24, 2.45) is 0 Å². The molecule has 0 unspecified atom stereocenters. The van der Waals surface area contributed by atoms with Gasteiger partial charge in [0.15, 0.2) is 9.84 Å². The first-order valence-electron chi connectivity index (χ1n) is 13.4. The molecular formula is C29H28N5O6S2+. The number of aryl methyl sites for hydroxylation is 1. The predicted octanol–water partition coefficient (Wildman–Crippen LogP) is 5.16. The summed E-state index contributed by atoms with van der Waals surface area (Å²) in [4.78, 5) is 46.0. The normalized spacial score (nSPS) is 17.9. The maximum Gasteiger partial charge on any atom is 0.331 e. The smallest absolute Gasteiger partial charge is 0.331 e. The molecular weight excluding hydrogens is 578 g/mol. The van der Waals surface area contributed by atoms with Crippen LogP contribution in [0.4, 0.5) is 21.9 Å². The van der Waals surface area contributed by atoms with E-state index in [1.165, 1.54) is 11.3 Å². The van der Waals surface area contributed by atoms with Crippen molar-refractivity contribution in [2.75, 3.05) is 28.8 Å². The number of urea groups is 1. The van der Waals surface area contributed by atoms with Gasteiger partial charge in [-0.3, -0.25) is 9.69 Å².